The Labute approximate surface area is 95.5 Å². The summed E-state index contributed by atoms with van der Waals surface area (Å²) in [5.74, 6) is 1.19. The van der Waals surface area contributed by atoms with Crippen molar-refractivity contribution >= 4 is 18.0 Å². The quantitative estimate of drug-likeness (QED) is 0.676. The van der Waals surface area contributed by atoms with Gasteiger partial charge >= 0.3 is 0 Å². The summed E-state index contributed by atoms with van der Waals surface area (Å²) in [6.45, 7) is 6.74. The summed E-state index contributed by atoms with van der Waals surface area (Å²) in [6.07, 6.45) is 2.01. The van der Waals surface area contributed by atoms with Crippen molar-refractivity contribution in [2.24, 2.45) is 5.41 Å². The highest BCUT2D eigenvalue weighted by molar-refractivity contribution is 7.99. The Kier molecular flexibility index (Phi) is 3.69. The maximum absolute atomic E-state index is 11.2. The maximum atomic E-state index is 11.2. The summed E-state index contributed by atoms with van der Waals surface area (Å²) in [7, 11) is 0. The number of aldehydes is 1. The van der Waals surface area contributed by atoms with Gasteiger partial charge in [0, 0.05) is 37.2 Å². The zero-order chi connectivity index (χ0) is 10.7. The minimum Gasteiger partial charge on any atom is -0.380 e. The molecule has 0 aromatic carbocycles. The van der Waals surface area contributed by atoms with Crippen molar-refractivity contribution in [1.29, 1.82) is 0 Å². The molecule has 2 heterocycles. The summed E-state index contributed by atoms with van der Waals surface area (Å²) < 4.78 is 5.36. The molecule has 15 heavy (non-hydrogen) atoms. The van der Waals surface area contributed by atoms with Gasteiger partial charge in [-0.15, -0.1) is 0 Å². The number of hydrogen-bond acceptors (Lipinski definition) is 4. The Balaban J connectivity index is 1.91. The fourth-order valence-corrected chi connectivity index (χ4v) is 3.44. The van der Waals surface area contributed by atoms with Crippen LogP contribution < -0.4 is 0 Å². The van der Waals surface area contributed by atoms with Crippen LogP contribution >= 0.6 is 11.8 Å². The molecule has 86 valence electrons. The summed E-state index contributed by atoms with van der Waals surface area (Å²) in [4.78, 5) is 13.6. The lowest BCUT2D eigenvalue weighted by molar-refractivity contribution is -0.117. The number of nitrogens with zero attached hydrogens (tertiary/aromatic N) is 1. The molecule has 2 atom stereocenters. The Morgan fingerprint density at radius 1 is 1.67 bits per heavy atom. The first-order valence-corrected chi connectivity index (χ1v) is 6.67. The number of thioether (sulfide) groups is 1. The molecule has 2 aliphatic heterocycles. The highest BCUT2D eigenvalue weighted by atomic mass is 32.2. The number of hydrogen-bond donors (Lipinski definition) is 0. The van der Waals surface area contributed by atoms with E-state index in [0.717, 1.165) is 38.9 Å². The fraction of sp³-hybridized carbons (Fsp3) is 0.909. The molecule has 0 N–H and O–H groups in total. The minimum atomic E-state index is -0.207. The Morgan fingerprint density at radius 3 is 3.13 bits per heavy atom. The second-order valence-corrected chi connectivity index (χ2v) is 6.25. The van der Waals surface area contributed by atoms with E-state index in [1.807, 2.05) is 11.8 Å². The molecular weight excluding hydrogens is 210 g/mol. The van der Waals surface area contributed by atoms with Gasteiger partial charge in [-0.25, -0.2) is 0 Å². The second-order valence-electron chi connectivity index (χ2n) is 4.70. The molecule has 0 aliphatic carbocycles. The van der Waals surface area contributed by atoms with Crippen LogP contribution in [-0.2, 0) is 9.53 Å². The highest BCUT2D eigenvalue weighted by Crippen LogP contribution is 2.29. The summed E-state index contributed by atoms with van der Waals surface area (Å²) in [5.41, 5.74) is -0.207. The van der Waals surface area contributed by atoms with Crippen LogP contribution in [0.25, 0.3) is 0 Å². The zero-order valence-corrected chi connectivity index (χ0v) is 10.1. The highest BCUT2D eigenvalue weighted by Gasteiger charge is 2.37. The summed E-state index contributed by atoms with van der Waals surface area (Å²) in [5, 5.41) is 0.699. The van der Waals surface area contributed by atoms with E-state index in [4.69, 9.17) is 4.74 Å². The topological polar surface area (TPSA) is 29.5 Å². The van der Waals surface area contributed by atoms with Gasteiger partial charge in [0.1, 0.15) is 6.29 Å². The molecule has 0 spiro atoms. The van der Waals surface area contributed by atoms with E-state index < -0.39 is 0 Å². The van der Waals surface area contributed by atoms with E-state index in [0.29, 0.717) is 11.9 Å². The molecule has 2 saturated heterocycles. The first kappa shape index (κ1) is 11.4. The molecule has 2 fully saturated rings. The van der Waals surface area contributed by atoms with Gasteiger partial charge in [-0.2, -0.15) is 11.8 Å². The third kappa shape index (κ3) is 2.74. The second kappa shape index (κ2) is 4.85. The van der Waals surface area contributed by atoms with Crippen molar-refractivity contribution in [3.63, 3.8) is 0 Å². The van der Waals surface area contributed by atoms with Crippen LogP contribution in [0.15, 0.2) is 0 Å². The van der Waals surface area contributed by atoms with Crippen molar-refractivity contribution in [3.8, 4) is 0 Å². The average molecular weight is 229 g/mol. The third-order valence-corrected chi connectivity index (χ3v) is 4.38. The van der Waals surface area contributed by atoms with Crippen LogP contribution in [0.2, 0.25) is 0 Å². The van der Waals surface area contributed by atoms with Crippen molar-refractivity contribution in [3.05, 3.63) is 0 Å². The molecule has 0 aromatic rings. The van der Waals surface area contributed by atoms with Crippen LogP contribution in [0, 0.1) is 5.41 Å². The number of carbonyl (C=O) groups excluding carboxylic acids is 1. The molecule has 0 radical (unpaired) electrons. The fourth-order valence-electron chi connectivity index (χ4n) is 2.36. The maximum Gasteiger partial charge on any atom is 0.129 e. The largest absolute Gasteiger partial charge is 0.380 e. The van der Waals surface area contributed by atoms with Gasteiger partial charge in [-0.1, -0.05) is 6.92 Å². The lowest BCUT2D eigenvalue weighted by atomic mass is 9.88. The molecule has 3 nitrogen and oxygen atoms in total. The van der Waals surface area contributed by atoms with Crippen LogP contribution in [0.3, 0.4) is 0 Å². The van der Waals surface area contributed by atoms with Gasteiger partial charge in [0.15, 0.2) is 0 Å². The lowest BCUT2D eigenvalue weighted by Crippen LogP contribution is -2.45. The van der Waals surface area contributed by atoms with Gasteiger partial charge in [0.2, 0.25) is 0 Å². The van der Waals surface area contributed by atoms with E-state index in [1.165, 1.54) is 5.75 Å². The predicted molar refractivity (Wildman–Crippen MR) is 62.3 cm³/mol. The first-order valence-electron chi connectivity index (χ1n) is 5.62. The molecule has 2 aliphatic rings. The smallest absolute Gasteiger partial charge is 0.129 e. The summed E-state index contributed by atoms with van der Waals surface area (Å²) >= 11 is 2.02. The van der Waals surface area contributed by atoms with E-state index in [9.17, 15) is 4.79 Å². The van der Waals surface area contributed by atoms with Crippen molar-refractivity contribution < 1.29 is 9.53 Å². The molecule has 0 amide bonds. The van der Waals surface area contributed by atoms with Gasteiger partial charge < -0.3 is 14.4 Å². The van der Waals surface area contributed by atoms with E-state index in [2.05, 4.69) is 11.8 Å². The lowest BCUT2D eigenvalue weighted by Gasteiger charge is -2.35. The third-order valence-electron chi connectivity index (χ3n) is 3.25. The van der Waals surface area contributed by atoms with E-state index >= 15 is 0 Å². The van der Waals surface area contributed by atoms with Crippen LogP contribution in [0.1, 0.15) is 13.3 Å². The Bertz CT molecular complexity index is 229. The number of rotatable bonds is 3. The molecule has 2 unspecified atom stereocenters. The Hall–Kier alpha value is -0.0600. The Morgan fingerprint density at radius 2 is 2.53 bits per heavy atom. The zero-order valence-electron chi connectivity index (χ0n) is 9.28. The van der Waals surface area contributed by atoms with Crippen molar-refractivity contribution in [1.82, 2.24) is 4.90 Å². The first-order chi connectivity index (χ1) is 7.24. The molecule has 0 saturated carbocycles. The molecule has 4 heteroatoms. The number of carbonyl (C=O) groups is 1. The van der Waals surface area contributed by atoms with Crippen LogP contribution in [-0.4, -0.2) is 55.0 Å². The minimum absolute atomic E-state index is 0.207. The van der Waals surface area contributed by atoms with E-state index in [1.54, 1.807) is 0 Å². The van der Waals surface area contributed by atoms with Crippen molar-refractivity contribution in [2.75, 3.05) is 38.6 Å². The SMILES string of the molecule is CC1CN(CC2(C=O)CCOC2)CCS1. The molecular formula is C11H19NO2S. The van der Waals surface area contributed by atoms with Crippen LogP contribution in [0.4, 0.5) is 0 Å². The predicted octanol–water partition coefficient (Wildman–Crippen LogP) is 1.03. The summed E-state index contributed by atoms with van der Waals surface area (Å²) in [6, 6.07) is 0. The normalized spacial score (nSPS) is 38.1. The molecule has 0 aromatic heterocycles. The van der Waals surface area contributed by atoms with Gasteiger partial charge in [0.25, 0.3) is 0 Å². The van der Waals surface area contributed by atoms with Crippen molar-refractivity contribution in [2.45, 2.75) is 18.6 Å². The van der Waals surface area contributed by atoms with Crippen LogP contribution in [0.5, 0.6) is 0 Å². The standard InChI is InChI=1S/C11H19NO2S/c1-10-6-12(3-5-15-10)7-11(8-13)2-4-14-9-11/h8,10H,2-7,9H2,1H3. The van der Waals surface area contributed by atoms with Gasteiger partial charge in [-0.3, -0.25) is 0 Å². The molecule has 0 bridgehead atoms. The van der Waals surface area contributed by atoms with E-state index in [-0.39, 0.29) is 5.41 Å². The average Bonchev–Trinajstić information content (AvgIpc) is 2.67. The molecule has 2 rings (SSSR count). The number of ether oxygens (including phenoxy) is 1. The monoisotopic (exact) mass is 229 g/mol. The van der Waals surface area contributed by atoms with Gasteiger partial charge in [0.05, 0.1) is 12.0 Å². The van der Waals surface area contributed by atoms with Gasteiger partial charge in [-0.05, 0) is 6.42 Å².